The van der Waals surface area contributed by atoms with E-state index in [9.17, 15) is 4.39 Å². The van der Waals surface area contributed by atoms with E-state index in [4.69, 9.17) is 25.4 Å². The molecule has 152 valence electrons. The van der Waals surface area contributed by atoms with Gasteiger partial charge in [-0.15, -0.1) is 11.3 Å². The predicted molar refractivity (Wildman–Crippen MR) is 112 cm³/mol. The fourth-order valence-corrected chi connectivity index (χ4v) is 3.73. The standard InChI is InChI=1S/C20H21FN4O3S/c1-26-16-5-4-6-17(27-2)14(16)10-25(19(22)23)20-24-15(11-29-20)13-9-12(21)7-8-18(13)28-3/h4-9,11H,10H2,1-3H3,(H3,22,23). The van der Waals surface area contributed by atoms with Gasteiger partial charge in [-0.2, -0.15) is 0 Å². The number of rotatable bonds is 7. The van der Waals surface area contributed by atoms with Gasteiger partial charge in [-0.05, 0) is 30.3 Å². The highest BCUT2D eigenvalue weighted by Gasteiger charge is 2.21. The molecule has 9 heteroatoms. The predicted octanol–water partition coefficient (Wildman–Crippen LogP) is 3.88. The Hall–Kier alpha value is -3.33. The molecule has 1 aromatic heterocycles. The topological polar surface area (TPSA) is 93.7 Å². The molecule has 0 aliphatic heterocycles. The molecule has 0 atom stereocenters. The zero-order chi connectivity index (χ0) is 21.0. The van der Waals surface area contributed by atoms with Gasteiger partial charge in [-0.1, -0.05) is 6.07 Å². The molecule has 0 amide bonds. The summed E-state index contributed by atoms with van der Waals surface area (Å²) in [6, 6.07) is 9.66. The van der Waals surface area contributed by atoms with Crippen LogP contribution in [0.3, 0.4) is 0 Å². The number of halogens is 1. The fourth-order valence-electron chi connectivity index (χ4n) is 2.89. The number of guanidine groups is 1. The van der Waals surface area contributed by atoms with Gasteiger partial charge in [0.25, 0.3) is 0 Å². The molecule has 0 aliphatic rings. The van der Waals surface area contributed by atoms with Crippen molar-refractivity contribution < 1.29 is 18.6 Å². The molecule has 0 saturated heterocycles. The number of aromatic nitrogens is 1. The van der Waals surface area contributed by atoms with Gasteiger partial charge < -0.3 is 19.9 Å². The van der Waals surface area contributed by atoms with Crippen molar-refractivity contribution in [1.82, 2.24) is 4.98 Å². The average Bonchev–Trinajstić information content (AvgIpc) is 3.21. The van der Waals surface area contributed by atoms with Crippen LogP contribution < -0.4 is 24.8 Å². The molecule has 0 unspecified atom stereocenters. The molecule has 0 radical (unpaired) electrons. The van der Waals surface area contributed by atoms with Gasteiger partial charge in [0.1, 0.15) is 23.1 Å². The summed E-state index contributed by atoms with van der Waals surface area (Å²) >= 11 is 1.29. The van der Waals surface area contributed by atoms with E-state index in [0.29, 0.717) is 33.6 Å². The molecule has 3 rings (SSSR count). The summed E-state index contributed by atoms with van der Waals surface area (Å²) < 4.78 is 29.9. The normalized spacial score (nSPS) is 10.5. The van der Waals surface area contributed by atoms with E-state index >= 15 is 0 Å². The first-order valence-electron chi connectivity index (χ1n) is 8.59. The van der Waals surface area contributed by atoms with Crippen LogP contribution in [0.15, 0.2) is 41.8 Å². The van der Waals surface area contributed by atoms with Crippen LogP contribution in [0.5, 0.6) is 17.2 Å². The Bertz CT molecular complexity index is 1000. The van der Waals surface area contributed by atoms with E-state index in [0.717, 1.165) is 5.56 Å². The first-order valence-corrected chi connectivity index (χ1v) is 9.47. The van der Waals surface area contributed by atoms with E-state index in [2.05, 4.69) is 4.98 Å². The summed E-state index contributed by atoms with van der Waals surface area (Å²) in [4.78, 5) is 6.08. The lowest BCUT2D eigenvalue weighted by molar-refractivity contribution is 0.385. The number of ether oxygens (including phenoxy) is 3. The van der Waals surface area contributed by atoms with Crippen molar-refractivity contribution in [3.05, 3.63) is 53.2 Å². The molecule has 0 bridgehead atoms. The molecule has 0 aliphatic carbocycles. The number of anilines is 1. The van der Waals surface area contributed by atoms with Crippen molar-refractivity contribution in [3.8, 4) is 28.5 Å². The van der Waals surface area contributed by atoms with Crippen LogP contribution in [0.1, 0.15) is 5.56 Å². The first-order chi connectivity index (χ1) is 14.0. The van der Waals surface area contributed by atoms with E-state index in [-0.39, 0.29) is 12.5 Å². The minimum Gasteiger partial charge on any atom is -0.496 e. The van der Waals surface area contributed by atoms with Gasteiger partial charge in [0.2, 0.25) is 0 Å². The Labute approximate surface area is 172 Å². The van der Waals surface area contributed by atoms with Crippen LogP contribution in [-0.4, -0.2) is 32.3 Å². The van der Waals surface area contributed by atoms with Crippen molar-refractivity contribution in [1.29, 1.82) is 5.41 Å². The molecular weight excluding hydrogens is 395 g/mol. The van der Waals surface area contributed by atoms with Crippen molar-refractivity contribution in [2.24, 2.45) is 5.73 Å². The van der Waals surface area contributed by atoms with Gasteiger partial charge in [0, 0.05) is 10.9 Å². The lowest BCUT2D eigenvalue weighted by Crippen LogP contribution is -2.36. The molecular formula is C20H21FN4O3S. The monoisotopic (exact) mass is 416 g/mol. The maximum absolute atomic E-state index is 13.7. The number of hydrogen-bond donors (Lipinski definition) is 2. The van der Waals surface area contributed by atoms with Crippen molar-refractivity contribution >= 4 is 22.4 Å². The van der Waals surface area contributed by atoms with Crippen LogP contribution in [0.2, 0.25) is 0 Å². The van der Waals surface area contributed by atoms with Gasteiger partial charge in [0.15, 0.2) is 11.1 Å². The number of methoxy groups -OCH3 is 3. The number of thiazole rings is 1. The fraction of sp³-hybridized carbons (Fsp3) is 0.200. The Balaban J connectivity index is 1.99. The number of nitrogens with two attached hydrogens (primary N) is 1. The Morgan fingerprint density at radius 3 is 2.34 bits per heavy atom. The maximum Gasteiger partial charge on any atom is 0.195 e. The maximum atomic E-state index is 13.7. The van der Waals surface area contributed by atoms with Crippen molar-refractivity contribution in [3.63, 3.8) is 0 Å². The number of nitrogens with one attached hydrogen (secondary N) is 1. The first kappa shape index (κ1) is 20.4. The van der Waals surface area contributed by atoms with Gasteiger partial charge in [-0.25, -0.2) is 9.37 Å². The molecule has 3 N–H and O–H groups in total. The minimum absolute atomic E-state index is 0.190. The summed E-state index contributed by atoms with van der Waals surface area (Å²) in [5.74, 6) is 1.14. The van der Waals surface area contributed by atoms with E-state index < -0.39 is 5.82 Å². The smallest absolute Gasteiger partial charge is 0.195 e. The number of hydrogen-bond acceptors (Lipinski definition) is 6. The number of benzene rings is 2. The van der Waals surface area contributed by atoms with E-state index in [1.165, 1.54) is 35.5 Å². The average molecular weight is 416 g/mol. The second kappa shape index (κ2) is 8.78. The van der Waals surface area contributed by atoms with Crippen LogP contribution in [0.25, 0.3) is 11.3 Å². The highest BCUT2D eigenvalue weighted by Crippen LogP contribution is 2.36. The van der Waals surface area contributed by atoms with Crippen molar-refractivity contribution in [2.75, 3.05) is 26.2 Å². The second-order valence-electron chi connectivity index (χ2n) is 5.97. The molecule has 0 fully saturated rings. The Morgan fingerprint density at radius 2 is 1.76 bits per heavy atom. The Kier molecular flexibility index (Phi) is 6.18. The minimum atomic E-state index is -0.391. The third-order valence-corrected chi connectivity index (χ3v) is 5.16. The SMILES string of the molecule is COc1ccc(F)cc1-c1csc(N(Cc2c(OC)cccc2OC)C(=N)N)n1. The molecule has 0 saturated carbocycles. The molecule has 2 aromatic carbocycles. The molecule has 3 aromatic rings. The third-order valence-electron chi connectivity index (χ3n) is 4.30. The molecule has 0 spiro atoms. The third kappa shape index (κ3) is 4.24. The summed E-state index contributed by atoms with van der Waals surface area (Å²) in [7, 11) is 4.64. The second-order valence-corrected chi connectivity index (χ2v) is 6.81. The van der Waals surface area contributed by atoms with E-state index in [1.807, 2.05) is 6.07 Å². The van der Waals surface area contributed by atoms with Crippen LogP contribution in [-0.2, 0) is 6.54 Å². The zero-order valence-corrected chi connectivity index (χ0v) is 17.0. The molecule has 29 heavy (non-hydrogen) atoms. The number of nitrogens with zero attached hydrogens (tertiary/aromatic N) is 2. The van der Waals surface area contributed by atoms with Gasteiger partial charge in [-0.3, -0.25) is 10.3 Å². The van der Waals surface area contributed by atoms with Crippen LogP contribution in [0, 0.1) is 11.2 Å². The van der Waals surface area contributed by atoms with Crippen molar-refractivity contribution in [2.45, 2.75) is 6.54 Å². The highest BCUT2D eigenvalue weighted by molar-refractivity contribution is 7.14. The summed E-state index contributed by atoms with van der Waals surface area (Å²) in [6.07, 6.45) is 0. The van der Waals surface area contributed by atoms with Gasteiger partial charge in [0.05, 0.1) is 39.1 Å². The summed E-state index contributed by atoms with van der Waals surface area (Å²) in [5.41, 5.74) is 7.62. The summed E-state index contributed by atoms with van der Waals surface area (Å²) in [5, 5.41) is 10.3. The highest BCUT2D eigenvalue weighted by atomic mass is 32.1. The lowest BCUT2D eigenvalue weighted by Gasteiger charge is -2.22. The largest absolute Gasteiger partial charge is 0.496 e. The van der Waals surface area contributed by atoms with Crippen LogP contribution >= 0.6 is 11.3 Å². The lowest BCUT2D eigenvalue weighted by atomic mass is 10.1. The quantitative estimate of drug-likeness (QED) is 0.449. The van der Waals surface area contributed by atoms with E-state index in [1.54, 1.807) is 37.8 Å². The Morgan fingerprint density at radius 1 is 1.10 bits per heavy atom. The molecule has 7 nitrogen and oxygen atoms in total. The summed E-state index contributed by atoms with van der Waals surface area (Å²) in [6.45, 7) is 0.218. The van der Waals surface area contributed by atoms with Gasteiger partial charge >= 0.3 is 0 Å². The molecule has 1 heterocycles. The van der Waals surface area contributed by atoms with Crippen LogP contribution in [0.4, 0.5) is 9.52 Å². The zero-order valence-electron chi connectivity index (χ0n) is 16.2.